The maximum Gasteiger partial charge on any atom is 0.338 e. The molecule has 1 aliphatic heterocycles. The number of esters is 4. The molecule has 60 heavy (non-hydrogen) atoms. The van der Waals surface area contributed by atoms with Crippen LogP contribution in [0, 0.1) is 16.7 Å². The molecule has 2 saturated carbocycles. The smallest absolute Gasteiger partial charge is 0.338 e. The molecule has 1 amide bonds. The first-order valence-electron chi connectivity index (χ1n) is 19.9. The van der Waals surface area contributed by atoms with E-state index in [1.807, 2.05) is 0 Å². The second-order valence-corrected chi connectivity index (χ2v) is 17.0. The number of hydrogen-bond donors (Lipinski definition) is 4. The van der Waals surface area contributed by atoms with Crippen molar-refractivity contribution in [2.75, 3.05) is 6.61 Å². The van der Waals surface area contributed by atoms with E-state index < -0.39 is 113 Å². The van der Waals surface area contributed by atoms with Crippen molar-refractivity contribution in [3.8, 4) is 0 Å². The fourth-order valence-corrected chi connectivity index (χ4v) is 9.75. The number of carbonyl (C=O) groups excluding carboxylic acids is 6. The molecule has 0 spiro atoms. The predicted molar refractivity (Wildman–Crippen MR) is 211 cm³/mol. The van der Waals surface area contributed by atoms with Gasteiger partial charge in [0.1, 0.15) is 23.9 Å². The number of Topliss-reactive ketones (excluding diaryl/α,β-unsaturated/α-hetero) is 1. The molecule has 6 rings (SSSR count). The van der Waals surface area contributed by atoms with E-state index in [0.717, 1.165) is 13.8 Å². The first-order chi connectivity index (χ1) is 28.1. The van der Waals surface area contributed by atoms with E-state index in [-0.39, 0.29) is 29.7 Å². The van der Waals surface area contributed by atoms with Gasteiger partial charge in [-0.1, -0.05) is 68.5 Å². The van der Waals surface area contributed by atoms with Gasteiger partial charge in [-0.3, -0.25) is 19.2 Å². The number of ether oxygens (including phenoxy) is 5. The second kappa shape index (κ2) is 16.3. The molecule has 3 aliphatic carbocycles. The maximum atomic E-state index is 15.4. The number of carbonyl (C=O) groups is 6. The van der Waals surface area contributed by atoms with Crippen LogP contribution in [-0.4, -0.2) is 105 Å². The summed E-state index contributed by atoms with van der Waals surface area (Å²) in [4.78, 5) is 82.9. The lowest BCUT2D eigenvalue weighted by molar-refractivity contribution is -0.346. The first-order valence-corrected chi connectivity index (χ1v) is 19.9. The normalized spacial score (nSPS) is 32.9. The van der Waals surface area contributed by atoms with Crippen molar-refractivity contribution in [2.24, 2.45) is 16.7 Å². The quantitative estimate of drug-likeness (QED) is 0.117. The predicted octanol–water partition coefficient (Wildman–Crippen LogP) is 3.39. The molecule has 15 nitrogen and oxygen atoms in total. The number of ketones is 1. The fraction of sp³-hybridized carbons (Fsp3) is 0.511. The third kappa shape index (κ3) is 7.24. The number of amides is 1. The van der Waals surface area contributed by atoms with Crippen LogP contribution in [0.4, 0.5) is 0 Å². The zero-order chi connectivity index (χ0) is 44.1. The number of aliphatic hydroxyl groups excluding tert-OH is 2. The molecule has 0 aromatic heterocycles. The van der Waals surface area contributed by atoms with Gasteiger partial charge in [0, 0.05) is 37.7 Å². The van der Waals surface area contributed by atoms with E-state index in [1.165, 1.54) is 26.0 Å². The molecular formula is C45H53NO14. The minimum atomic E-state index is -2.38. The lowest BCUT2D eigenvalue weighted by Crippen LogP contribution is -2.82. The highest BCUT2D eigenvalue weighted by atomic mass is 16.6. The minimum absolute atomic E-state index is 0.00140. The first kappa shape index (κ1) is 44.3. The summed E-state index contributed by atoms with van der Waals surface area (Å²) in [6, 6.07) is 14.8. The van der Waals surface area contributed by atoms with Gasteiger partial charge >= 0.3 is 23.9 Å². The van der Waals surface area contributed by atoms with Gasteiger partial charge in [-0.05, 0) is 56.5 Å². The van der Waals surface area contributed by atoms with Gasteiger partial charge in [-0.25, -0.2) is 9.59 Å². The lowest BCUT2D eigenvalue weighted by Gasteiger charge is -2.67. The molecule has 0 radical (unpaired) electrons. The van der Waals surface area contributed by atoms with Crippen LogP contribution in [-0.2, 0) is 47.7 Å². The SMILES string of the molecule is CC=C(C)C(=O)N[C@H](c1ccccc1)[C@H](O)C(=O)O[C@@H]1C[C@]2(O)[C@@H](OC(=O)c3ccccc3)[C@H]3[C@]4(OC(C)=O)CO[C@H]4C[C@H](O)[C@@]3(C)C(=O)[C@H](OC(C)=O)C(=C1C)C2(C)C. The number of allylic oxidation sites excluding steroid dienone is 1. The van der Waals surface area contributed by atoms with Crippen LogP contribution in [0.1, 0.15) is 90.2 Å². The Balaban J connectivity index is 1.56. The van der Waals surface area contributed by atoms with Crippen LogP contribution >= 0.6 is 0 Å². The molecule has 11 atom stereocenters. The number of fused-ring (bicyclic) bond motifs is 5. The van der Waals surface area contributed by atoms with Crippen molar-refractivity contribution in [1.82, 2.24) is 5.32 Å². The molecule has 2 aromatic carbocycles. The van der Waals surface area contributed by atoms with Crippen molar-refractivity contribution in [3.05, 3.63) is 94.6 Å². The molecule has 2 bridgehead atoms. The van der Waals surface area contributed by atoms with Crippen LogP contribution in [0.5, 0.6) is 0 Å². The van der Waals surface area contributed by atoms with Crippen molar-refractivity contribution >= 4 is 35.6 Å². The lowest BCUT2D eigenvalue weighted by atomic mass is 9.44. The average Bonchev–Trinajstić information content (AvgIpc) is 3.20. The average molecular weight is 832 g/mol. The third-order valence-electron chi connectivity index (χ3n) is 13.2. The van der Waals surface area contributed by atoms with E-state index in [9.17, 15) is 39.3 Å². The number of hydrogen-bond acceptors (Lipinski definition) is 14. The summed E-state index contributed by atoms with van der Waals surface area (Å²) in [5.74, 6) is -6.78. The summed E-state index contributed by atoms with van der Waals surface area (Å²) in [5, 5.41) is 40.0. The Morgan fingerprint density at radius 1 is 0.917 bits per heavy atom. The largest absolute Gasteiger partial charge is 0.456 e. The number of rotatable bonds is 10. The summed E-state index contributed by atoms with van der Waals surface area (Å²) >= 11 is 0. The zero-order valence-electron chi connectivity index (χ0n) is 34.9. The zero-order valence-corrected chi connectivity index (χ0v) is 34.9. The van der Waals surface area contributed by atoms with Gasteiger partial charge in [0.05, 0.1) is 35.6 Å². The summed E-state index contributed by atoms with van der Waals surface area (Å²) < 4.78 is 30.2. The monoisotopic (exact) mass is 831 g/mol. The molecule has 322 valence electrons. The van der Waals surface area contributed by atoms with E-state index >= 15 is 4.79 Å². The summed E-state index contributed by atoms with van der Waals surface area (Å²) in [5.41, 5.74) is -6.91. The Morgan fingerprint density at radius 2 is 1.53 bits per heavy atom. The Labute approximate surface area is 348 Å². The van der Waals surface area contributed by atoms with Gasteiger partial charge < -0.3 is 44.3 Å². The highest BCUT2D eigenvalue weighted by Crippen LogP contribution is 2.64. The third-order valence-corrected chi connectivity index (χ3v) is 13.2. The van der Waals surface area contributed by atoms with Crippen LogP contribution in [0.2, 0.25) is 0 Å². The minimum Gasteiger partial charge on any atom is -0.456 e. The van der Waals surface area contributed by atoms with Crippen LogP contribution < -0.4 is 5.32 Å². The Bertz CT molecular complexity index is 2110. The van der Waals surface area contributed by atoms with E-state index in [0.29, 0.717) is 11.1 Å². The number of nitrogens with one attached hydrogen (secondary N) is 1. The second-order valence-electron chi connectivity index (χ2n) is 17.0. The Kier molecular flexibility index (Phi) is 12.1. The highest BCUT2D eigenvalue weighted by molar-refractivity contribution is 5.96. The molecule has 1 heterocycles. The van der Waals surface area contributed by atoms with Gasteiger partial charge in [0.25, 0.3) is 0 Å². The van der Waals surface area contributed by atoms with Gasteiger partial charge in [0.2, 0.25) is 5.91 Å². The maximum absolute atomic E-state index is 15.4. The van der Waals surface area contributed by atoms with Crippen LogP contribution in [0.25, 0.3) is 0 Å². The Morgan fingerprint density at radius 3 is 2.08 bits per heavy atom. The van der Waals surface area contributed by atoms with Crippen LogP contribution in [0.3, 0.4) is 0 Å². The standard InChI is InChI=1S/C45H53NO14/c1-9-23(2)39(52)46-33(27-16-12-10-13-17-27)34(50)41(54)58-29-21-45(55)38(59-40(53)28-18-14-11-15-19-28)36-43(8,30(49)20-31-44(36,22-56-31)60-26(5)48)37(51)35(57-25(4)47)32(24(29)3)42(45,6)7/h9-19,29-31,33-36,38,49-50,55H,20-22H2,1-8H3,(H,46,52)/t29-,30+,31+,33-,34+,35-,36-,38+,43-,44+,45+/m1/s1. The molecule has 4 aliphatic rings. The van der Waals surface area contributed by atoms with Gasteiger partial charge in [-0.15, -0.1) is 0 Å². The Hall–Kier alpha value is -5.22. The van der Waals surface area contributed by atoms with Crippen molar-refractivity contribution in [3.63, 3.8) is 0 Å². The van der Waals surface area contributed by atoms with Crippen molar-refractivity contribution in [1.29, 1.82) is 0 Å². The molecule has 3 fully saturated rings. The molecule has 15 heteroatoms. The molecule has 0 unspecified atom stereocenters. The highest BCUT2D eigenvalue weighted by Gasteiger charge is 2.78. The molecular weight excluding hydrogens is 778 g/mol. The van der Waals surface area contributed by atoms with Gasteiger partial charge in [-0.2, -0.15) is 0 Å². The molecule has 2 aromatic rings. The van der Waals surface area contributed by atoms with Crippen molar-refractivity contribution in [2.45, 2.75) is 122 Å². The number of aliphatic hydroxyl groups is 3. The van der Waals surface area contributed by atoms with Gasteiger partial charge in [0.15, 0.2) is 23.6 Å². The van der Waals surface area contributed by atoms with Crippen molar-refractivity contribution < 1.29 is 67.8 Å². The van der Waals surface area contributed by atoms with E-state index in [1.54, 1.807) is 82.3 Å². The topological polar surface area (TPSA) is 221 Å². The number of benzene rings is 2. The summed E-state index contributed by atoms with van der Waals surface area (Å²) in [6.07, 6.45) is -8.88. The summed E-state index contributed by atoms with van der Waals surface area (Å²) in [6.45, 7) is 11.2. The van der Waals surface area contributed by atoms with E-state index in [2.05, 4.69) is 5.32 Å². The molecule has 4 N–H and O–H groups in total. The molecule has 1 saturated heterocycles. The summed E-state index contributed by atoms with van der Waals surface area (Å²) in [7, 11) is 0. The fourth-order valence-electron chi connectivity index (χ4n) is 9.75. The van der Waals surface area contributed by atoms with E-state index in [4.69, 9.17) is 23.7 Å². The van der Waals surface area contributed by atoms with Crippen LogP contribution in [0.15, 0.2) is 83.5 Å².